The molecule has 2 heteroatoms. The van der Waals surface area contributed by atoms with E-state index >= 15 is 0 Å². The van der Waals surface area contributed by atoms with Gasteiger partial charge in [-0.25, -0.2) is 0 Å². The van der Waals surface area contributed by atoms with E-state index in [4.69, 9.17) is 0 Å². The van der Waals surface area contributed by atoms with Crippen LogP contribution in [0.15, 0.2) is 0 Å². The van der Waals surface area contributed by atoms with Crippen LogP contribution in [-0.2, 0) is 0 Å². The highest BCUT2D eigenvalue weighted by Gasteiger charge is 2.22. The van der Waals surface area contributed by atoms with Crippen molar-refractivity contribution in [1.82, 2.24) is 10.6 Å². The van der Waals surface area contributed by atoms with Crippen LogP contribution >= 0.6 is 0 Å². The fourth-order valence-electron chi connectivity index (χ4n) is 1.97. The Kier molecular flexibility index (Phi) is 5.49. The minimum absolute atomic E-state index is 0.839. The second-order valence-electron chi connectivity index (χ2n) is 4.74. The van der Waals surface area contributed by atoms with Gasteiger partial charge >= 0.3 is 0 Å². The summed E-state index contributed by atoms with van der Waals surface area (Å²) >= 11 is 0. The van der Waals surface area contributed by atoms with Gasteiger partial charge in [0.2, 0.25) is 0 Å². The normalized spacial score (nSPS) is 19.7. The number of hydrogen-bond acceptors (Lipinski definition) is 2. The maximum atomic E-state index is 3.61. The summed E-state index contributed by atoms with van der Waals surface area (Å²) in [7, 11) is 0. The first-order valence-corrected chi connectivity index (χ1v) is 6.19. The number of hydrogen-bond donors (Lipinski definition) is 2. The lowest BCUT2D eigenvalue weighted by Crippen LogP contribution is -2.47. The Bertz CT molecular complexity index is 139. The molecule has 0 aliphatic carbocycles. The van der Waals surface area contributed by atoms with Gasteiger partial charge in [-0.05, 0) is 43.9 Å². The molecule has 2 nitrogen and oxygen atoms in total. The van der Waals surface area contributed by atoms with Crippen molar-refractivity contribution in [2.45, 2.75) is 33.6 Å². The Morgan fingerprint density at radius 2 is 1.86 bits per heavy atom. The fourth-order valence-corrected chi connectivity index (χ4v) is 1.97. The molecule has 0 aromatic carbocycles. The molecule has 1 aliphatic rings. The van der Waals surface area contributed by atoms with Gasteiger partial charge in [-0.15, -0.1) is 0 Å². The Morgan fingerprint density at radius 3 is 2.29 bits per heavy atom. The third-order valence-electron chi connectivity index (χ3n) is 3.67. The van der Waals surface area contributed by atoms with E-state index < -0.39 is 0 Å². The van der Waals surface area contributed by atoms with Crippen LogP contribution in [-0.4, -0.2) is 26.2 Å². The van der Waals surface area contributed by atoms with Crippen molar-refractivity contribution in [1.29, 1.82) is 0 Å². The van der Waals surface area contributed by atoms with Crippen LogP contribution in [0.25, 0.3) is 0 Å². The lowest BCUT2D eigenvalue weighted by atomic mass is 9.89. The van der Waals surface area contributed by atoms with Gasteiger partial charge < -0.3 is 10.6 Å². The van der Waals surface area contributed by atoms with Gasteiger partial charge in [-0.1, -0.05) is 33.6 Å². The largest absolute Gasteiger partial charge is 0.316 e. The molecule has 14 heavy (non-hydrogen) atoms. The quantitative estimate of drug-likeness (QED) is 0.652. The first-order chi connectivity index (χ1) is 6.77. The molecule has 0 spiro atoms. The van der Waals surface area contributed by atoms with Gasteiger partial charge in [0.1, 0.15) is 0 Å². The molecule has 0 aromatic rings. The Morgan fingerprint density at radius 1 is 1.21 bits per heavy atom. The first kappa shape index (κ1) is 12.0. The standard InChI is InChI=1S/C12H26N2/c1-4-11(5-2)7-13-6-10(3)12-8-14-9-12/h10-14H,4-9H2,1-3H3. The van der Waals surface area contributed by atoms with Crippen LogP contribution in [0.5, 0.6) is 0 Å². The summed E-state index contributed by atoms with van der Waals surface area (Å²) in [5.74, 6) is 2.64. The number of rotatable bonds is 7. The molecule has 1 rings (SSSR count). The van der Waals surface area contributed by atoms with Crippen molar-refractivity contribution in [3.63, 3.8) is 0 Å². The lowest BCUT2D eigenvalue weighted by molar-refractivity contribution is 0.239. The second-order valence-corrected chi connectivity index (χ2v) is 4.74. The Hall–Kier alpha value is -0.0800. The summed E-state index contributed by atoms with van der Waals surface area (Å²) in [5, 5.41) is 6.94. The number of nitrogens with one attached hydrogen (secondary N) is 2. The molecular formula is C12H26N2. The van der Waals surface area contributed by atoms with E-state index in [0.29, 0.717) is 0 Å². The average Bonchev–Trinajstić information content (AvgIpc) is 2.09. The topological polar surface area (TPSA) is 24.1 Å². The fraction of sp³-hybridized carbons (Fsp3) is 1.00. The lowest BCUT2D eigenvalue weighted by Gasteiger charge is -2.33. The summed E-state index contributed by atoms with van der Waals surface area (Å²) in [6.07, 6.45) is 2.62. The van der Waals surface area contributed by atoms with Gasteiger partial charge in [-0.2, -0.15) is 0 Å². The first-order valence-electron chi connectivity index (χ1n) is 6.19. The molecule has 1 fully saturated rings. The summed E-state index contributed by atoms with van der Waals surface area (Å²) in [4.78, 5) is 0. The predicted octanol–water partition coefficient (Wildman–Crippen LogP) is 1.87. The van der Waals surface area contributed by atoms with Crippen molar-refractivity contribution in [3.05, 3.63) is 0 Å². The molecule has 1 unspecified atom stereocenters. The van der Waals surface area contributed by atoms with E-state index in [0.717, 1.165) is 17.8 Å². The second kappa shape index (κ2) is 6.41. The molecule has 0 amide bonds. The van der Waals surface area contributed by atoms with Crippen LogP contribution in [0, 0.1) is 17.8 Å². The molecule has 1 aliphatic heterocycles. The summed E-state index contributed by atoms with van der Waals surface area (Å²) < 4.78 is 0. The van der Waals surface area contributed by atoms with Crippen molar-refractivity contribution in [2.75, 3.05) is 26.2 Å². The van der Waals surface area contributed by atoms with Crippen LogP contribution in [0.3, 0.4) is 0 Å². The molecule has 0 radical (unpaired) electrons. The van der Waals surface area contributed by atoms with E-state index in [9.17, 15) is 0 Å². The molecule has 1 saturated heterocycles. The third-order valence-corrected chi connectivity index (χ3v) is 3.67. The Balaban J connectivity index is 2.01. The molecule has 1 heterocycles. The monoisotopic (exact) mass is 198 g/mol. The molecule has 2 N–H and O–H groups in total. The molecular weight excluding hydrogens is 172 g/mol. The van der Waals surface area contributed by atoms with E-state index in [2.05, 4.69) is 31.4 Å². The van der Waals surface area contributed by atoms with Gasteiger partial charge in [0, 0.05) is 0 Å². The van der Waals surface area contributed by atoms with Crippen molar-refractivity contribution in [2.24, 2.45) is 17.8 Å². The van der Waals surface area contributed by atoms with Crippen molar-refractivity contribution >= 4 is 0 Å². The van der Waals surface area contributed by atoms with Crippen molar-refractivity contribution < 1.29 is 0 Å². The minimum atomic E-state index is 0.839. The van der Waals surface area contributed by atoms with Gasteiger partial charge in [-0.3, -0.25) is 0 Å². The van der Waals surface area contributed by atoms with E-state index in [1.807, 2.05) is 0 Å². The van der Waals surface area contributed by atoms with E-state index in [1.165, 1.54) is 39.0 Å². The van der Waals surface area contributed by atoms with Crippen LogP contribution < -0.4 is 10.6 Å². The summed E-state index contributed by atoms with van der Waals surface area (Å²) in [6, 6.07) is 0. The highest BCUT2D eigenvalue weighted by molar-refractivity contribution is 4.80. The van der Waals surface area contributed by atoms with E-state index in [-0.39, 0.29) is 0 Å². The third kappa shape index (κ3) is 3.58. The van der Waals surface area contributed by atoms with E-state index in [1.54, 1.807) is 0 Å². The zero-order valence-corrected chi connectivity index (χ0v) is 9.97. The maximum absolute atomic E-state index is 3.61. The Labute approximate surface area is 88.8 Å². The van der Waals surface area contributed by atoms with Crippen LogP contribution in [0.4, 0.5) is 0 Å². The minimum Gasteiger partial charge on any atom is -0.316 e. The predicted molar refractivity (Wildman–Crippen MR) is 62.5 cm³/mol. The SMILES string of the molecule is CCC(CC)CNCC(C)C1CNC1. The maximum Gasteiger partial charge on any atom is -0.000522 e. The molecule has 0 bridgehead atoms. The smallest absolute Gasteiger partial charge is 0.000522 e. The van der Waals surface area contributed by atoms with Crippen molar-refractivity contribution in [3.8, 4) is 0 Å². The molecule has 84 valence electrons. The van der Waals surface area contributed by atoms with Gasteiger partial charge in [0.15, 0.2) is 0 Å². The van der Waals surface area contributed by atoms with Gasteiger partial charge in [0.05, 0.1) is 0 Å². The average molecular weight is 198 g/mol. The highest BCUT2D eigenvalue weighted by atomic mass is 15.0. The highest BCUT2D eigenvalue weighted by Crippen LogP contribution is 2.15. The van der Waals surface area contributed by atoms with Gasteiger partial charge in [0.25, 0.3) is 0 Å². The molecule has 1 atom stereocenters. The molecule has 0 saturated carbocycles. The zero-order chi connectivity index (χ0) is 10.4. The zero-order valence-electron chi connectivity index (χ0n) is 9.97. The summed E-state index contributed by atoms with van der Waals surface area (Å²) in [5.41, 5.74) is 0. The van der Waals surface area contributed by atoms with Crippen LogP contribution in [0.1, 0.15) is 33.6 Å². The van der Waals surface area contributed by atoms with Crippen LogP contribution in [0.2, 0.25) is 0 Å². The molecule has 0 aromatic heterocycles. The summed E-state index contributed by atoms with van der Waals surface area (Å²) in [6.45, 7) is 11.8.